The van der Waals surface area contributed by atoms with Crippen LogP contribution in [0.5, 0.6) is 0 Å². The normalized spacial score (nSPS) is 16.8. The molecular formula is C17H17N3O3. The van der Waals surface area contributed by atoms with Crippen LogP contribution in [0.15, 0.2) is 48.8 Å². The maximum absolute atomic E-state index is 12.0. The van der Waals surface area contributed by atoms with Crippen LogP contribution >= 0.6 is 0 Å². The molecule has 2 N–H and O–H groups in total. The molecule has 2 aromatic rings. The van der Waals surface area contributed by atoms with Gasteiger partial charge in [0.1, 0.15) is 6.10 Å². The van der Waals surface area contributed by atoms with Gasteiger partial charge in [-0.25, -0.2) is 0 Å². The minimum absolute atomic E-state index is 0.130. The second kappa shape index (κ2) is 7.02. The van der Waals surface area contributed by atoms with E-state index in [0.29, 0.717) is 23.5 Å². The molecule has 3 rings (SSSR count). The Kier molecular flexibility index (Phi) is 4.63. The van der Waals surface area contributed by atoms with Crippen LogP contribution in [0.4, 0.5) is 11.4 Å². The zero-order valence-corrected chi connectivity index (χ0v) is 12.5. The summed E-state index contributed by atoms with van der Waals surface area (Å²) in [5, 5.41) is 5.59. The van der Waals surface area contributed by atoms with Crippen molar-refractivity contribution >= 4 is 23.2 Å². The lowest BCUT2D eigenvalue weighted by atomic mass is 10.2. The molecule has 0 bridgehead atoms. The number of pyridine rings is 1. The van der Waals surface area contributed by atoms with Gasteiger partial charge < -0.3 is 15.4 Å². The maximum Gasteiger partial charge on any atom is 0.257 e. The highest BCUT2D eigenvalue weighted by molar-refractivity contribution is 6.04. The third-order valence-electron chi connectivity index (χ3n) is 3.56. The van der Waals surface area contributed by atoms with E-state index in [-0.39, 0.29) is 17.9 Å². The van der Waals surface area contributed by atoms with Crippen molar-refractivity contribution in [2.45, 2.75) is 18.9 Å². The van der Waals surface area contributed by atoms with E-state index >= 15 is 0 Å². The van der Waals surface area contributed by atoms with Gasteiger partial charge in [-0.3, -0.25) is 14.6 Å². The van der Waals surface area contributed by atoms with Gasteiger partial charge in [0.05, 0.1) is 5.56 Å². The average Bonchev–Trinajstić information content (AvgIpc) is 3.12. The molecule has 118 valence electrons. The number of amides is 2. The molecule has 1 aliphatic rings. The number of carbonyl (C=O) groups excluding carboxylic acids is 2. The van der Waals surface area contributed by atoms with Crippen molar-refractivity contribution in [3.05, 3.63) is 54.4 Å². The highest BCUT2D eigenvalue weighted by atomic mass is 16.5. The van der Waals surface area contributed by atoms with Crippen LogP contribution in [0, 0.1) is 0 Å². The molecule has 1 atom stereocenters. The second-order valence-corrected chi connectivity index (χ2v) is 5.26. The molecule has 0 radical (unpaired) electrons. The molecule has 2 heterocycles. The molecule has 23 heavy (non-hydrogen) atoms. The topological polar surface area (TPSA) is 80.3 Å². The van der Waals surface area contributed by atoms with Gasteiger partial charge in [-0.15, -0.1) is 0 Å². The molecule has 1 aromatic carbocycles. The van der Waals surface area contributed by atoms with E-state index in [0.717, 1.165) is 12.8 Å². The second-order valence-electron chi connectivity index (χ2n) is 5.26. The van der Waals surface area contributed by atoms with Crippen molar-refractivity contribution in [2.24, 2.45) is 0 Å². The van der Waals surface area contributed by atoms with E-state index in [1.165, 1.54) is 6.20 Å². The van der Waals surface area contributed by atoms with Crippen molar-refractivity contribution in [1.82, 2.24) is 4.98 Å². The first-order valence-corrected chi connectivity index (χ1v) is 7.46. The van der Waals surface area contributed by atoms with Gasteiger partial charge in [-0.1, -0.05) is 0 Å². The molecule has 0 saturated carbocycles. The number of nitrogens with one attached hydrogen (secondary N) is 2. The Hall–Kier alpha value is -2.73. The van der Waals surface area contributed by atoms with E-state index in [1.54, 1.807) is 42.6 Å². The van der Waals surface area contributed by atoms with E-state index in [2.05, 4.69) is 15.6 Å². The summed E-state index contributed by atoms with van der Waals surface area (Å²) in [4.78, 5) is 27.9. The molecule has 1 aromatic heterocycles. The molecule has 6 heteroatoms. The quantitative estimate of drug-likeness (QED) is 0.909. The molecule has 0 unspecified atom stereocenters. The predicted octanol–water partition coefficient (Wildman–Crippen LogP) is 2.45. The van der Waals surface area contributed by atoms with E-state index < -0.39 is 0 Å². The van der Waals surface area contributed by atoms with Gasteiger partial charge >= 0.3 is 0 Å². The number of hydrogen-bond donors (Lipinski definition) is 2. The van der Waals surface area contributed by atoms with Gasteiger partial charge in [0, 0.05) is 30.4 Å². The number of aromatic nitrogens is 1. The molecule has 6 nitrogen and oxygen atoms in total. The first-order chi connectivity index (χ1) is 11.2. The highest BCUT2D eigenvalue weighted by Gasteiger charge is 2.23. The summed E-state index contributed by atoms with van der Waals surface area (Å²) in [5.74, 6) is -0.358. The lowest BCUT2D eigenvalue weighted by molar-refractivity contribution is -0.124. The van der Waals surface area contributed by atoms with E-state index in [4.69, 9.17) is 4.74 Å². The van der Waals surface area contributed by atoms with Crippen LogP contribution in [0.2, 0.25) is 0 Å². The number of hydrogen-bond acceptors (Lipinski definition) is 4. The Bertz CT molecular complexity index is 680. The molecule has 1 aliphatic heterocycles. The minimum Gasteiger partial charge on any atom is -0.368 e. The van der Waals surface area contributed by atoms with Crippen LogP contribution in [0.3, 0.4) is 0 Å². The van der Waals surface area contributed by atoms with Crippen molar-refractivity contribution in [3.63, 3.8) is 0 Å². The Morgan fingerprint density at radius 2 is 1.83 bits per heavy atom. The minimum atomic E-state index is -0.361. The van der Waals surface area contributed by atoms with Crippen molar-refractivity contribution in [1.29, 1.82) is 0 Å². The fourth-order valence-electron chi connectivity index (χ4n) is 2.34. The third-order valence-corrected chi connectivity index (χ3v) is 3.56. The van der Waals surface area contributed by atoms with Gasteiger partial charge in [-0.2, -0.15) is 0 Å². The summed E-state index contributed by atoms with van der Waals surface area (Å²) in [7, 11) is 0. The Labute approximate surface area is 133 Å². The third kappa shape index (κ3) is 3.92. The molecule has 1 fully saturated rings. The smallest absolute Gasteiger partial charge is 0.257 e. The molecular weight excluding hydrogens is 294 g/mol. The zero-order chi connectivity index (χ0) is 16.1. The van der Waals surface area contributed by atoms with E-state index in [1.807, 2.05) is 0 Å². The van der Waals surface area contributed by atoms with Crippen LogP contribution in [0.25, 0.3) is 0 Å². The van der Waals surface area contributed by atoms with Crippen molar-refractivity contribution in [2.75, 3.05) is 17.2 Å². The summed E-state index contributed by atoms with van der Waals surface area (Å²) in [5.41, 5.74) is 1.81. The zero-order valence-electron chi connectivity index (χ0n) is 12.5. The lowest BCUT2D eigenvalue weighted by Crippen LogP contribution is -2.26. The number of anilines is 2. The Balaban J connectivity index is 1.58. The summed E-state index contributed by atoms with van der Waals surface area (Å²) in [6, 6.07) is 10.4. The lowest BCUT2D eigenvalue weighted by Gasteiger charge is -2.11. The van der Waals surface area contributed by atoms with Crippen LogP contribution < -0.4 is 10.6 Å². The summed E-state index contributed by atoms with van der Waals surface area (Å²) in [6.07, 6.45) is 4.43. The number of nitrogens with zero attached hydrogens (tertiary/aromatic N) is 1. The molecule has 0 aliphatic carbocycles. The number of rotatable bonds is 4. The predicted molar refractivity (Wildman–Crippen MR) is 86.2 cm³/mol. The van der Waals surface area contributed by atoms with Crippen molar-refractivity contribution in [3.8, 4) is 0 Å². The van der Waals surface area contributed by atoms with Gasteiger partial charge in [0.2, 0.25) is 0 Å². The van der Waals surface area contributed by atoms with Crippen LogP contribution in [0.1, 0.15) is 23.2 Å². The average molecular weight is 311 g/mol. The number of benzene rings is 1. The molecule has 0 spiro atoms. The van der Waals surface area contributed by atoms with Crippen LogP contribution in [-0.2, 0) is 9.53 Å². The molecule has 1 saturated heterocycles. The Morgan fingerprint density at radius 1 is 1.09 bits per heavy atom. The summed E-state index contributed by atoms with van der Waals surface area (Å²) in [6.45, 7) is 0.636. The maximum atomic E-state index is 12.0. The van der Waals surface area contributed by atoms with Gasteiger partial charge in [0.25, 0.3) is 11.8 Å². The van der Waals surface area contributed by atoms with Gasteiger partial charge in [-0.05, 0) is 49.2 Å². The van der Waals surface area contributed by atoms with Crippen molar-refractivity contribution < 1.29 is 14.3 Å². The van der Waals surface area contributed by atoms with Crippen LogP contribution in [-0.4, -0.2) is 29.5 Å². The highest BCUT2D eigenvalue weighted by Crippen LogP contribution is 2.17. The number of carbonyl (C=O) groups is 2. The van der Waals surface area contributed by atoms with E-state index in [9.17, 15) is 9.59 Å². The Morgan fingerprint density at radius 3 is 2.43 bits per heavy atom. The largest absolute Gasteiger partial charge is 0.368 e. The standard InChI is InChI=1S/C17H17N3O3/c21-16(12-3-1-9-18-11-12)19-13-5-7-14(8-6-13)20-17(22)15-4-2-10-23-15/h1,3,5-9,11,15H,2,4,10H2,(H,19,21)(H,20,22)/t15-/m0/s1. The first-order valence-electron chi connectivity index (χ1n) is 7.46. The van der Waals surface area contributed by atoms with Gasteiger partial charge in [0.15, 0.2) is 0 Å². The fourth-order valence-corrected chi connectivity index (χ4v) is 2.34. The first kappa shape index (κ1) is 15.2. The molecule has 2 amide bonds. The SMILES string of the molecule is O=C(Nc1ccc(NC(=O)[C@@H]2CCCO2)cc1)c1cccnc1. The summed E-state index contributed by atoms with van der Waals surface area (Å²) < 4.78 is 5.34. The number of ether oxygens (including phenoxy) is 1. The fraction of sp³-hybridized carbons (Fsp3) is 0.235. The monoisotopic (exact) mass is 311 g/mol. The summed E-state index contributed by atoms with van der Waals surface area (Å²) >= 11 is 0.